The third-order valence-corrected chi connectivity index (χ3v) is 8.09. The summed E-state index contributed by atoms with van der Waals surface area (Å²) in [7, 11) is 3.21. The number of rotatable bonds is 12. The lowest BCUT2D eigenvalue weighted by atomic mass is 9.94. The zero-order chi connectivity index (χ0) is 28.3. The molecule has 6 nitrogen and oxygen atoms in total. The zero-order valence-corrected chi connectivity index (χ0v) is 25.0. The summed E-state index contributed by atoms with van der Waals surface area (Å²) < 4.78 is 11.8. The molecule has 0 aromatic heterocycles. The van der Waals surface area contributed by atoms with E-state index < -0.39 is 6.04 Å². The molecule has 1 N–H and O–H groups in total. The van der Waals surface area contributed by atoms with Gasteiger partial charge < -0.3 is 19.7 Å². The van der Waals surface area contributed by atoms with Crippen LogP contribution in [-0.2, 0) is 29.0 Å². The van der Waals surface area contributed by atoms with Gasteiger partial charge in [-0.1, -0.05) is 83.7 Å². The van der Waals surface area contributed by atoms with Crippen LogP contribution in [-0.4, -0.2) is 43.0 Å². The summed E-state index contributed by atoms with van der Waals surface area (Å²) in [4.78, 5) is 29.6. The molecule has 0 aliphatic heterocycles. The summed E-state index contributed by atoms with van der Waals surface area (Å²) in [6.07, 6.45) is 6.70. The maximum absolute atomic E-state index is 14.0. The van der Waals surface area contributed by atoms with Crippen molar-refractivity contribution in [2.45, 2.75) is 70.0 Å². The van der Waals surface area contributed by atoms with Gasteiger partial charge in [0.15, 0.2) is 11.5 Å². The summed E-state index contributed by atoms with van der Waals surface area (Å²) in [6.45, 7) is 0.355. The Bertz CT molecular complexity index is 1240. The van der Waals surface area contributed by atoms with Crippen LogP contribution in [0.2, 0.25) is 0 Å². The van der Waals surface area contributed by atoms with Crippen LogP contribution >= 0.6 is 15.9 Å². The number of aryl methyl sites for hydroxylation is 1. The van der Waals surface area contributed by atoms with E-state index in [0.717, 1.165) is 46.8 Å². The van der Waals surface area contributed by atoms with Crippen molar-refractivity contribution in [3.05, 3.63) is 94.0 Å². The predicted octanol–water partition coefficient (Wildman–Crippen LogP) is 6.49. The standard InChI is InChI=1S/C33H39BrN2O4/c1-39-30-19-15-25(22-31(30)40-2)16-20-32(37)36(23-26-13-17-27(34)18-14-26)29(21-24-9-5-3-6-10-24)33(38)35-28-11-7-4-8-12-28/h3,5-6,9-10,13-15,17-19,22,28-29H,4,7-8,11-12,16,20-21,23H2,1-2H3,(H,35,38)/t29-/m0/s1. The number of hydrogen-bond donors (Lipinski definition) is 1. The van der Waals surface area contributed by atoms with Crippen LogP contribution < -0.4 is 14.8 Å². The molecule has 0 heterocycles. The number of ether oxygens (including phenoxy) is 2. The molecule has 2 amide bonds. The number of hydrogen-bond acceptors (Lipinski definition) is 4. The van der Waals surface area contributed by atoms with Gasteiger partial charge in [-0.25, -0.2) is 0 Å². The van der Waals surface area contributed by atoms with Crippen LogP contribution in [0.4, 0.5) is 0 Å². The van der Waals surface area contributed by atoms with E-state index in [9.17, 15) is 9.59 Å². The fourth-order valence-corrected chi connectivity index (χ4v) is 5.58. The van der Waals surface area contributed by atoms with Crippen molar-refractivity contribution in [3.63, 3.8) is 0 Å². The maximum Gasteiger partial charge on any atom is 0.243 e. The molecule has 0 saturated heterocycles. The Hall–Kier alpha value is -3.32. The number of carbonyl (C=O) groups is 2. The summed E-state index contributed by atoms with van der Waals surface area (Å²) in [5, 5.41) is 3.30. The second kappa shape index (κ2) is 14.9. The average molecular weight is 608 g/mol. The Balaban J connectivity index is 1.60. The van der Waals surface area contributed by atoms with Crippen LogP contribution in [0.15, 0.2) is 77.3 Å². The van der Waals surface area contributed by atoms with Crippen LogP contribution in [0.1, 0.15) is 55.2 Å². The highest BCUT2D eigenvalue weighted by molar-refractivity contribution is 9.10. The molecule has 1 saturated carbocycles. The number of methoxy groups -OCH3 is 2. The van der Waals surface area contributed by atoms with Gasteiger partial charge in [-0.2, -0.15) is 0 Å². The van der Waals surface area contributed by atoms with Gasteiger partial charge in [0.25, 0.3) is 0 Å². The molecular weight excluding hydrogens is 568 g/mol. The summed E-state index contributed by atoms with van der Waals surface area (Å²) in [5.41, 5.74) is 2.98. The lowest BCUT2D eigenvalue weighted by molar-refractivity contribution is -0.141. The first-order valence-corrected chi connectivity index (χ1v) is 14.8. The molecular formula is C33H39BrN2O4. The monoisotopic (exact) mass is 606 g/mol. The molecule has 40 heavy (non-hydrogen) atoms. The topological polar surface area (TPSA) is 67.9 Å². The molecule has 0 radical (unpaired) electrons. The first-order valence-electron chi connectivity index (χ1n) is 14.1. The molecule has 0 bridgehead atoms. The molecule has 1 aliphatic rings. The highest BCUT2D eigenvalue weighted by atomic mass is 79.9. The first kappa shape index (κ1) is 29.7. The second-order valence-corrected chi connectivity index (χ2v) is 11.3. The molecule has 0 unspecified atom stereocenters. The second-order valence-electron chi connectivity index (χ2n) is 10.4. The van der Waals surface area contributed by atoms with Crippen LogP contribution in [0.3, 0.4) is 0 Å². The molecule has 212 valence electrons. The Kier molecular flexibility index (Phi) is 11.0. The van der Waals surface area contributed by atoms with E-state index in [4.69, 9.17) is 9.47 Å². The summed E-state index contributed by atoms with van der Waals surface area (Å²) in [5.74, 6) is 1.15. The Morgan fingerprint density at radius 3 is 2.23 bits per heavy atom. The number of nitrogens with zero attached hydrogens (tertiary/aromatic N) is 1. The van der Waals surface area contributed by atoms with Crippen molar-refractivity contribution >= 4 is 27.7 Å². The number of benzene rings is 3. The van der Waals surface area contributed by atoms with Crippen LogP contribution in [0, 0.1) is 0 Å². The Labute approximate surface area is 246 Å². The largest absolute Gasteiger partial charge is 0.493 e. The number of amides is 2. The lowest BCUT2D eigenvalue weighted by Gasteiger charge is -2.33. The van der Waals surface area contributed by atoms with Crippen LogP contribution in [0.25, 0.3) is 0 Å². The normalized spacial score (nSPS) is 14.3. The molecule has 1 aliphatic carbocycles. The lowest BCUT2D eigenvalue weighted by Crippen LogP contribution is -2.52. The number of halogens is 1. The van der Waals surface area contributed by atoms with Gasteiger partial charge >= 0.3 is 0 Å². The molecule has 0 spiro atoms. The van der Waals surface area contributed by atoms with Gasteiger partial charge in [0.1, 0.15) is 6.04 Å². The van der Waals surface area contributed by atoms with Gasteiger partial charge in [0, 0.05) is 29.9 Å². The fraction of sp³-hybridized carbons (Fsp3) is 0.394. The molecule has 7 heteroatoms. The summed E-state index contributed by atoms with van der Waals surface area (Å²) in [6, 6.07) is 23.1. The zero-order valence-electron chi connectivity index (χ0n) is 23.4. The van der Waals surface area contributed by atoms with Crippen molar-refractivity contribution in [2.75, 3.05) is 14.2 Å². The van der Waals surface area contributed by atoms with E-state index in [1.54, 1.807) is 19.1 Å². The minimum absolute atomic E-state index is 0.0579. The van der Waals surface area contributed by atoms with E-state index in [1.165, 1.54) is 6.42 Å². The van der Waals surface area contributed by atoms with Gasteiger partial charge in [0.05, 0.1) is 14.2 Å². The minimum atomic E-state index is -0.620. The van der Waals surface area contributed by atoms with Crippen molar-refractivity contribution < 1.29 is 19.1 Å². The van der Waals surface area contributed by atoms with E-state index in [1.807, 2.05) is 72.8 Å². The fourth-order valence-electron chi connectivity index (χ4n) is 5.32. The number of nitrogens with one attached hydrogen (secondary N) is 1. The molecule has 3 aromatic rings. The van der Waals surface area contributed by atoms with E-state index in [0.29, 0.717) is 30.9 Å². The molecule has 1 atom stereocenters. The SMILES string of the molecule is COc1ccc(CCC(=O)N(Cc2ccc(Br)cc2)[C@@H](Cc2ccccc2)C(=O)NC2CCCCC2)cc1OC. The minimum Gasteiger partial charge on any atom is -0.493 e. The van der Waals surface area contributed by atoms with Gasteiger partial charge in [-0.15, -0.1) is 0 Å². The van der Waals surface area contributed by atoms with Crippen LogP contribution in [0.5, 0.6) is 11.5 Å². The smallest absolute Gasteiger partial charge is 0.243 e. The summed E-state index contributed by atoms with van der Waals surface area (Å²) >= 11 is 3.50. The van der Waals surface area contributed by atoms with Crippen molar-refractivity contribution in [1.29, 1.82) is 0 Å². The van der Waals surface area contributed by atoms with Gasteiger partial charge in [-0.05, 0) is 60.2 Å². The third kappa shape index (κ3) is 8.34. The molecule has 4 rings (SSSR count). The van der Waals surface area contributed by atoms with Gasteiger partial charge in [-0.3, -0.25) is 9.59 Å². The molecule has 3 aromatic carbocycles. The van der Waals surface area contributed by atoms with Gasteiger partial charge in [0.2, 0.25) is 11.8 Å². The Morgan fingerprint density at radius 1 is 0.875 bits per heavy atom. The average Bonchev–Trinajstić information content (AvgIpc) is 2.99. The predicted molar refractivity (Wildman–Crippen MR) is 162 cm³/mol. The third-order valence-electron chi connectivity index (χ3n) is 7.56. The maximum atomic E-state index is 14.0. The molecule has 1 fully saturated rings. The van der Waals surface area contributed by atoms with Crippen molar-refractivity contribution in [3.8, 4) is 11.5 Å². The first-order chi connectivity index (χ1) is 19.5. The van der Waals surface area contributed by atoms with Crippen molar-refractivity contribution in [1.82, 2.24) is 10.2 Å². The Morgan fingerprint density at radius 2 is 1.55 bits per heavy atom. The highest BCUT2D eigenvalue weighted by Crippen LogP contribution is 2.28. The highest BCUT2D eigenvalue weighted by Gasteiger charge is 2.31. The van der Waals surface area contributed by atoms with E-state index >= 15 is 0 Å². The number of carbonyl (C=O) groups excluding carboxylic acids is 2. The van der Waals surface area contributed by atoms with E-state index in [-0.39, 0.29) is 24.3 Å². The quantitative estimate of drug-likeness (QED) is 0.256. The van der Waals surface area contributed by atoms with Crippen molar-refractivity contribution in [2.24, 2.45) is 0 Å². The van der Waals surface area contributed by atoms with E-state index in [2.05, 4.69) is 21.2 Å².